The summed E-state index contributed by atoms with van der Waals surface area (Å²) in [5.41, 5.74) is 10.5. The van der Waals surface area contributed by atoms with Crippen LogP contribution in [0.2, 0.25) is 0 Å². The lowest BCUT2D eigenvalue weighted by atomic mass is 9.99. The molecule has 0 radical (unpaired) electrons. The Bertz CT molecular complexity index is 3230. The van der Waals surface area contributed by atoms with Gasteiger partial charge in [-0.1, -0.05) is 218 Å². The Labute approximate surface area is 362 Å². The van der Waals surface area contributed by atoms with E-state index >= 15 is 0 Å². The Balaban J connectivity index is 1.12. The molecular weight excluding hydrogens is 767 g/mol. The summed E-state index contributed by atoms with van der Waals surface area (Å²) in [7, 11) is -2.73. The number of benzene rings is 9. The molecule has 0 aliphatic heterocycles. The molecule has 11 rings (SSSR count). The van der Waals surface area contributed by atoms with Crippen molar-refractivity contribution in [1.82, 2.24) is 14.5 Å². The summed E-state index contributed by atoms with van der Waals surface area (Å²) < 4.78 is 2.29. The number of hydrogen-bond acceptors (Lipinski definition) is 2. The summed E-state index contributed by atoms with van der Waals surface area (Å²) in [4.78, 5) is 11.0. The molecule has 0 saturated carbocycles. The Kier molecular flexibility index (Phi) is 9.53. The maximum absolute atomic E-state index is 5.53. The van der Waals surface area contributed by atoms with Crippen molar-refractivity contribution in [2.75, 3.05) is 0 Å². The monoisotopic (exact) mass is 807 g/mol. The van der Waals surface area contributed by atoms with Gasteiger partial charge in [0.15, 0.2) is 13.9 Å². The predicted octanol–water partition coefficient (Wildman–Crippen LogP) is 11.6. The third-order valence-corrected chi connectivity index (χ3v) is 16.9. The molecule has 292 valence electrons. The molecule has 0 unspecified atom stereocenters. The normalized spacial score (nSPS) is 11.5. The van der Waals surface area contributed by atoms with Gasteiger partial charge in [-0.2, -0.15) is 0 Å². The molecule has 0 fully saturated rings. The van der Waals surface area contributed by atoms with Crippen LogP contribution >= 0.6 is 0 Å². The van der Waals surface area contributed by atoms with Gasteiger partial charge in [0.1, 0.15) is 5.65 Å². The van der Waals surface area contributed by atoms with Crippen molar-refractivity contribution in [3.63, 3.8) is 0 Å². The molecule has 0 aliphatic carbocycles. The standard InChI is InChI=1S/C58H41N3Si/c1-6-21-42(22-7-1)43-23-18-26-46(39-43)56-55-53-37-16-17-38-54(53)61(48-28-8-2-9-29-48)58(55)60-57(59-56)47-27-19-24-44(40-47)45-25-20-36-52(41-45)62(49-30-10-3-11-31-49,50-32-12-4-13-33-50)51-34-14-5-15-35-51/h1-41H. The molecule has 9 aromatic carbocycles. The Morgan fingerprint density at radius 2 is 0.758 bits per heavy atom. The first-order chi connectivity index (χ1) is 30.8. The molecular formula is C58H41N3Si. The summed E-state index contributed by atoms with van der Waals surface area (Å²) in [6.07, 6.45) is 0. The van der Waals surface area contributed by atoms with Crippen molar-refractivity contribution < 1.29 is 0 Å². The van der Waals surface area contributed by atoms with E-state index in [1.54, 1.807) is 0 Å². The average molecular weight is 808 g/mol. The van der Waals surface area contributed by atoms with Gasteiger partial charge in [-0.3, -0.25) is 4.57 Å². The number of hydrogen-bond donors (Lipinski definition) is 0. The van der Waals surface area contributed by atoms with Gasteiger partial charge in [-0.25, -0.2) is 9.97 Å². The highest BCUT2D eigenvalue weighted by Gasteiger charge is 2.41. The van der Waals surface area contributed by atoms with Crippen molar-refractivity contribution in [2.45, 2.75) is 0 Å². The minimum Gasteiger partial charge on any atom is -0.294 e. The van der Waals surface area contributed by atoms with Gasteiger partial charge < -0.3 is 0 Å². The summed E-state index contributed by atoms with van der Waals surface area (Å²) in [5.74, 6) is 0.678. The van der Waals surface area contributed by atoms with Crippen molar-refractivity contribution >= 4 is 50.8 Å². The molecule has 3 nitrogen and oxygen atoms in total. The van der Waals surface area contributed by atoms with Gasteiger partial charge in [0.2, 0.25) is 0 Å². The topological polar surface area (TPSA) is 30.7 Å². The highest BCUT2D eigenvalue weighted by molar-refractivity contribution is 7.19. The molecule has 0 N–H and O–H groups in total. The highest BCUT2D eigenvalue weighted by Crippen LogP contribution is 2.39. The maximum atomic E-state index is 5.53. The largest absolute Gasteiger partial charge is 0.294 e. The van der Waals surface area contributed by atoms with Gasteiger partial charge in [0.05, 0.1) is 16.6 Å². The van der Waals surface area contributed by atoms with Gasteiger partial charge in [-0.15, -0.1) is 0 Å². The van der Waals surface area contributed by atoms with Crippen molar-refractivity contribution in [3.8, 4) is 50.6 Å². The molecule has 2 heterocycles. The van der Waals surface area contributed by atoms with Crippen LogP contribution in [0.5, 0.6) is 0 Å². The minimum atomic E-state index is -2.73. The number of fused-ring (bicyclic) bond motifs is 3. The van der Waals surface area contributed by atoms with E-state index in [9.17, 15) is 0 Å². The molecule has 11 aromatic rings. The molecule has 0 spiro atoms. The quantitative estimate of drug-likeness (QED) is 0.107. The lowest BCUT2D eigenvalue weighted by Crippen LogP contribution is -2.74. The summed E-state index contributed by atoms with van der Waals surface area (Å²) >= 11 is 0. The second-order valence-electron chi connectivity index (χ2n) is 15.7. The zero-order valence-electron chi connectivity index (χ0n) is 34.0. The van der Waals surface area contributed by atoms with Crippen LogP contribution in [0.1, 0.15) is 0 Å². The van der Waals surface area contributed by atoms with E-state index in [0.717, 1.165) is 61.1 Å². The van der Waals surface area contributed by atoms with Crippen LogP contribution in [0.25, 0.3) is 72.5 Å². The first-order valence-corrected chi connectivity index (χ1v) is 23.2. The van der Waals surface area contributed by atoms with E-state index in [-0.39, 0.29) is 0 Å². The molecule has 0 saturated heterocycles. The third-order valence-electron chi connectivity index (χ3n) is 12.1. The van der Waals surface area contributed by atoms with E-state index in [0.29, 0.717) is 5.82 Å². The first kappa shape index (κ1) is 37.1. The predicted molar refractivity (Wildman–Crippen MR) is 262 cm³/mol. The summed E-state index contributed by atoms with van der Waals surface area (Å²) in [6, 6.07) is 89.7. The van der Waals surface area contributed by atoms with E-state index in [2.05, 4.69) is 253 Å². The smallest absolute Gasteiger partial charge is 0.179 e. The van der Waals surface area contributed by atoms with Crippen LogP contribution in [0.4, 0.5) is 0 Å². The van der Waals surface area contributed by atoms with E-state index in [4.69, 9.17) is 9.97 Å². The highest BCUT2D eigenvalue weighted by atomic mass is 28.3. The second kappa shape index (κ2) is 15.9. The van der Waals surface area contributed by atoms with Crippen LogP contribution in [0, 0.1) is 0 Å². The fourth-order valence-corrected chi connectivity index (χ4v) is 14.1. The van der Waals surface area contributed by atoms with E-state index in [1.165, 1.54) is 26.3 Å². The van der Waals surface area contributed by atoms with Crippen LogP contribution in [0.15, 0.2) is 249 Å². The van der Waals surface area contributed by atoms with Crippen molar-refractivity contribution in [2.24, 2.45) is 0 Å². The molecule has 2 aromatic heterocycles. The van der Waals surface area contributed by atoms with Crippen LogP contribution in [-0.4, -0.2) is 22.6 Å². The number of rotatable bonds is 9. The SMILES string of the molecule is c1ccc(-c2cccc(-c3nc(-c4cccc(-c5cccc([Si](c6ccccc6)(c6ccccc6)c6ccccc6)c5)c4)nc4c3c3ccccc3n4-c3ccccc3)c2)cc1. The molecule has 62 heavy (non-hydrogen) atoms. The second-order valence-corrected chi connectivity index (χ2v) is 19.5. The zero-order valence-corrected chi connectivity index (χ0v) is 35.0. The zero-order chi connectivity index (χ0) is 41.3. The van der Waals surface area contributed by atoms with E-state index in [1.807, 2.05) is 0 Å². The van der Waals surface area contributed by atoms with Gasteiger partial charge >= 0.3 is 0 Å². The summed E-state index contributed by atoms with van der Waals surface area (Å²) in [6.45, 7) is 0. The van der Waals surface area contributed by atoms with Crippen LogP contribution in [-0.2, 0) is 0 Å². The molecule has 0 amide bonds. The van der Waals surface area contributed by atoms with E-state index < -0.39 is 8.07 Å². The Morgan fingerprint density at radius 3 is 1.39 bits per heavy atom. The lowest BCUT2D eigenvalue weighted by Gasteiger charge is -2.34. The van der Waals surface area contributed by atoms with Crippen molar-refractivity contribution in [1.29, 1.82) is 0 Å². The number of para-hydroxylation sites is 2. The number of aromatic nitrogens is 3. The van der Waals surface area contributed by atoms with Gasteiger partial charge in [0, 0.05) is 22.2 Å². The average Bonchev–Trinajstić information content (AvgIpc) is 3.70. The van der Waals surface area contributed by atoms with Crippen molar-refractivity contribution in [3.05, 3.63) is 249 Å². The van der Waals surface area contributed by atoms with Gasteiger partial charge in [-0.05, 0) is 73.3 Å². The first-order valence-electron chi connectivity index (χ1n) is 21.2. The summed E-state index contributed by atoms with van der Waals surface area (Å²) in [5, 5.41) is 7.53. The maximum Gasteiger partial charge on any atom is 0.179 e. The fraction of sp³-hybridized carbons (Fsp3) is 0. The Morgan fingerprint density at radius 1 is 0.323 bits per heavy atom. The molecule has 0 atom stereocenters. The lowest BCUT2D eigenvalue weighted by molar-refractivity contribution is 1.11. The third kappa shape index (κ3) is 6.46. The Hall–Kier alpha value is -7.92. The van der Waals surface area contributed by atoms with Crippen LogP contribution < -0.4 is 20.7 Å². The van der Waals surface area contributed by atoms with Crippen LogP contribution in [0.3, 0.4) is 0 Å². The minimum absolute atomic E-state index is 0.678. The number of nitrogens with zero attached hydrogens (tertiary/aromatic N) is 3. The molecule has 4 heteroatoms. The molecule has 0 bridgehead atoms. The fourth-order valence-electron chi connectivity index (χ4n) is 9.34. The van der Waals surface area contributed by atoms with Gasteiger partial charge in [0.25, 0.3) is 0 Å². The molecule has 0 aliphatic rings.